The summed E-state index contributed by atoms with van der Waals surface area (Å²) >= 11 is 0. The van der Waals surface area contributed by atoms with Gasteiger partial charge in [0, 0.05) is 52.2 Å². The quantitative estimate of drug-likeness (QED) is 0.666. The molecule has 1 aliphatic heterocycles. The zero-order valence-corrected chi connectivity index (χ0v) is 11.8. The van der Waals surface area contributed by atoms with Gasteiger partial charge in [-0.05, 0) is 19.4 Å². The summed E-state index contributed by atoms with van der Waals surface area (Å²) < 4.78 is 0. The minimum atomic E-state index is 0.141. The Morgan fingerprint density at radius 1 is 1.33 bits per heavy atom. The molecule has 1 fully saturated rings. The number of amides is 1. The van der Waals surface area contributed by atoms with Gasteiger partial charge in [-0.1, -0.05) is 6.92 Å². The van der Waals surface area contributed by atoms with Crippen molar-refractivity contribution in [2.24, 2.45) is 5.73 Å². The third-order valence-corrected chi connectivity index (χ3v) is 3.82. The van der Waals surface area contributed by atoms with E-state index in [2.05, 4.69) is 22.0 Å². The molecule has 0 spiro atoms. The molecule has 0 aromatic carbocycles. The molecule has 1 amide bonds. The highest BCUT2D eigenvalue weighted by molar-refractivity contribution is 5.75. The summed E-state index contributed by atoms with van der Waals surface area (Å²) in [5.74, 6) is 0.141. The topological polar surface area (TPSA) is 61.6 Å². The van der Waals surface area contributed by atoms with Crippen LogP contribution in [0.4, 0.5) is 0 Å². The molecule has 1 saturated heterocycles. The Kier molecular flexibility index (Phi) is 7.23. The molecule has 0 aromatic rings. The van der Waals surface area contributed by atoms with Crippen LogP contribution in [0.5, 0.6) is 0 Å². The average Bonchev–Trinajstić information content (AvgIpc) is 2.41. The highest BCUT2D eigenvalue weighted by atomic mass is 16.1. The molecule has 0 aromatic heterocycles. The molecule has 1 atom stereocenters. The summed E-state index contributed by atoms with van der Waals surface area (Å²) in [5, 5.41) is 2.66. The Hall–Kier alpha value is -0.650. The van der Waals surface area contributed by atoms with Crippen LogP contribution >= 0.6 is 0 Å². The highest BCUT2D eigenvalue weighted by Gasteiger charge is 2.21. The fraction of sp³-hybridized carbons (Fsp3) is 0.923. The Morgan fingerprint density at radius 3 is 2.50 bits per heavy atom. The normalized spacial score (nSPS) is 19.7. The molecule has 0 radical (unpaired) electrons. The molecule has 0 bridgehead atoms. The lowest BCUT2D eigenvalue weighted by Gasteiger charge is -2.38. The second kappa shape index (κ2) is 8.45. The maximum Gasteiger partial charge on any atom is 0.219 e. The van der Waals surface area contributed by atoms with Gasteiger partial charge in [0.1, 0.15) is 0 Å². The molecule has 1 heterocycles. The Bertz CT molecular complexity index is 235. The molecule has 5 heteroatoms. The maximum absolute atomic E-state index is 11.1. The van der Waals surface area contributed by atoms with Gasteiger partial charge in [0.15, 0.2) is 0 Å². The summed E-state index contributed by atoms with van der Waals surface area (Å²) in [6, 6.07) is 0.540. The van der Waals surface area contributed by atoms with Crippen LogP contribution in [-0.4, -0.2) is 68.1 Å². The van der Waals surface area contributed by atoms with Gasteiger partial charge >= 0.3 is 0 Å². The summed E-state index contributed by atoms with van der Waals surface area (Å²) in [4.78, 5) is 16.1. The van der Waals surface area contributed by atoms with Gasteiger partial charge in [-0.2, -0.15) is 0 Å². The van der Waals surface area contributed by atoms with Gasteiger partial charge < -0.3 is 16.0 Å². The molecule has 1 aliphatic rings. The second-order valence-corrected chi connectivity index (χ2v) is 4.95. The van der Waals surface area contributed by atoms with Crippen molar-refractivity contribution < 1.29 is 4.79 Å². The Labute approximate surface area is 111 Å². The summed E-state index contributed by atoms with van der Waals surface area (Å²) in [5.41, 5.74) is 5.78. The van der Waals surface area contributed by atoms with E-state index in [0.29, 0.717) is 12.5 Å². The van der Waals surface area contributed by atoms with E-state index in [0.717, 1.165) is 52.1 Å². The van der Waals surface area contributed by atoms with Gasteiger partial charge in [-0.25, -0.2) is 0 Å². The van der Waals surface area contributed by atoms with Crippen LogP contribution in [0.2, 0.25) is 0 Å². The van der Waals surface area contributed by atoms with E-state index in [1.807, 2.05) is 0 Å². The lowest BCUT2D eigenvalue weighted by atomic mass is 10.1. The molecule has 5 nitrogen and oxygen atoms in total. The van der Waals surface area contributed by atoms with E-state index in [9.17, 15) is 4.79 Å². The third-order valence-electron chi connectivity index (χ3n) is 3.82. The van der Waals surface area contributed by atoms with Crippen LogP contribution in [0.25, 0.3) is 0 Å². The molecule has 3 N–H and O–H groups in total. The monoisotopic (exact) mass is 256 g/mol. The number of carbonyl (C=O) groups excluding carboxylic acids is 1. The van der Waals surface area contributed by atoms with Gasteiger partial charge in [0.2, 0.25) is 5.91 Å². The molecule has 106 valence electrons. The lowest BCUT2D eigenvalue weighted by Crippen LogP contribution is -2.52. The Morgan fingerprint density at radius 2 is 2.00 bits per heavy atom. The predicted octanol–water partition coefficient (Wildman–Crippen LogP) is -0.132. The Balaban J connectivity index is 2.17. The number of rotatable bonds is 7. The van der Waals surface area contributed by atoms with Crippen molar-refractivity contribution in [1.29, 1.82) is 0 Å². The van der Waals surface area contributed by atoms with Crippen molar-refractivity contribution in [2.45, 2.75) is 32.2 Å². The average molecular weight is 256 g/mol. The smallest absolute Gasteiger partial charge is 0.219 e. The van der Waals surface area contributed by atoms with Crippen molar-refractivity contribution in [1.82, 2.24) is 15.1 Å². The van der Waals surface area contributed by atoms with Gasteiger partial charge in [0.05, 0.1) is 0 Å². The van der Waals surface area contributed by atoms with Crippen LogP contribution in [0.15, 0.2) is 0 Å². The SMILES string of the molecule is CCC(CN)N1CCN(CCCC(=O)NC)CC1. The molecule has 0 saturated carbocycles. The molecular weight excluding hydrogens is 228 g/mol. The number of nitrogens with one attached hydrogen (secondary N) is 1. The van der Waals surface area contributed by atoms with Crippen molar-refractivity contribution in [3.8, 4) is 0 Å². The summed E-state index contributed by atoms with van der Waals surface area (Å²) in [6.45, 7) is 8.40. The standard InChI is InChI=1S/C13H28N4O/c1-3-12(11-14)17-9-7-16(8-10-17)6-4-5-13(18)15-2/h12H,3-11,14H2,1-2H3,(H,15,18). The summed E-state index contributed by atoms with van der Waals surface area (Å²) in [6.07, 6.45) is 2.72. The van der Waals surface area contributed by atoms with Crippen molar-refractivity contribution in [2.75, 3.05) is 46.3 Å². The van der Waals surface area contributed by atoms with Crippen LogP contribution in [0, 0.1) is 0 Å². The summed E-state index contributed by atoms with van der Waals surface area (Å²) in [7, 11) is 1.69. The zero-order chi connectivity index (χ0) is 13.4. The second-order valence-electron chi connectivity index (χ2n) is 4.95. The minimum absolute atomic E-state index is 0.141. The number of hydrogen-bond donors (Lipinski definition) is 2. The van der Waals surface area contributed by atoms with E-state index in [1.54, 1.807) is 7.05 Å². The van der Waals surface area contributed by atoms with Crippen LogP contribution in [-0.2, 0) is 4.79 Å². The predicted molar refractivity (Wildman–Crippen MR) is 74.4 cm³/mol. The molecule has 0 aliphatic carbocycles. The first-order chi connectivity index (χ1) is 8.71. The van der Waals surface area contributed by atoms with E-state index >= 15 is 0 Å². The fourth-order valence-electron chi connectivity index (χ4n) is 2.51. The number of nitrogens with two attached hydrogens (primary N) is 1. The first kappa shape index (κ1) is 15.4. The van der Waals surface area contributed by atoms with Crippen molar-refractivity contribution >= 4 is 5.91 Å². The first-order valence-electron chi connectivity index (χ1n) is 7.08. The number of hydrogen-bond acceptors (Lipinski definition) is 4. The largest absolute Gasteiger partial charge is 0.359 e. The van der Waals surface area contributed by atoms with Gasteiger partial charge in [-0.15, -0.1) is 0 Å². The fourth-order valence-corrected chi connectivity index (χ4v) is 2.51. The molecular formula is C13H28N4O. The first-order valence-corrected chi connectivity index (χ1v) is 7.08. The van der Waals surface area contributed by atoms with E-state index < -0.39 is 0 Å². The van der Waals surface area contributed by atoms with Crippen LogP contribution in [0.1, 0.15) is 26.2 Å². The molecule has 1 unspecified atom stereocenters. The van der Waals surface area contributed by atoms with E-state index in [-0.39, 0.29) is 5.91 Å². The van der Waals surface area contributed by atoms with E-state index in [1.165, 1.54) is 0 Å². The van der Waals surface area contributed by atoms with Crippen LogP contribution in [0.3, 0.4) is 0 Å². The number of carbonyl (C=O) groups is 1. The van der Waals surface area contributed by atoms with E-state index in [4.69, 9.17) is 5.73 Å². The number of nitrogens with zero attached hydrogens (tertiary/aromatic N) is 2. The highest BCUT2D eigenvalue weighted by Crippen LogP contribution is 2.09. The minimum Gasteiger partial charge on any atom is -0.359 e. The zero-order valence-electron chi connectivity index (χ0n) is 11.8. The van der Waals surface area contributed by atoms with Crippen LogP contribution < -0.4 is 11.1 Å². The van der Waals surface area contributed by atoms with Gasteiger partial charge in [-0.3, -0.25) is 9.69 Å². The van der Waals surface area contributed by atoms with Crippen molar-refractivity contribution in [3.05, 3.63) is 0 Å². The number of piperazine rings is 1. The third kappa shape index (κ3) is 4.92. The van der Waals surface area contributed by atoms with Crippen molar-refractivity contribution in [3.63, 3.8) is 0 Å². The molecule has 1 rings (SSSR count). The maximum atomic E-state index is 11.1. The lowest BCUT2D eigenvalue weighted by molar-refractivity contribution is -0.120. The molecule has 18 heavy (non-hydrogen) atoms. The van der Waals surface area contributed by atoms with Gasteiger partial charge in [0.25, 0.3) is 0 Å².